The first-order valence-corrected chi connectivity index (χ1v) is 9.04. The Morgan fingerprint density at radius 1 is 1.04 bits per heavy atom. The van der Waals surface area contributed by atoms with Crippen LogP contribution >= 0.6 is 0 Å². The van der Waals surface area contributed by atoms with Gasteiger partial charge in [-0.1, -0.05) is 42.5 Å². The van der Waals surface area contributed by atoms with E-state index in [9.17, 15) is 13.2 Å². The third-order valence-corrected chi connectivity index (χ3v) is 4.88. The second-order valence-electron chi connectivity index (χ2n) is 5.37. The average Bonchev–Trinajstić information content (AvgIpc) is 2.54. The van der Waals surface area contributed by atoms with Crippen molar-refractivity contribution in [2.45, 2.75) is 12.8 Å². The van der Waals surface area contributed by atoms with Crippen molar-refractivity contribution in [3.63, 3.8) is 0 Å². The smallest absolute Gasteiger partial charge is 0.232 e. The predicted octanol–water partition coefficient (Wildman–Crippen LogP) is 2.82. The van der Waals surface area contributed by atoms with Crippen molar-refractivity contribution in [3.05, 3.63) is 60.2 Å². The third-order valence-electron chi connectivity index (χ3n) is 3.69. The molecule has 2 aromatic carbocycles. The normalized spacial score (nSPS) is 12.5. The van der Waals surface area contributed by atoms with Crippen LogP contribution in [0.2, 0.25) is 0 Å². The highest BCUT2D eigenvalue weighted by Gasteiger charge is 2.19. The molecule has 0 saturated carbocycles. The molecule has 0 spiro atoms. The molecule has 5 nitrogen and oxygen atoms in total. The van der Waals surface area contributed by atoms with E-state index in [1.165, 1.54) is 7.05 Å². The van der Waals surface area contributed by atoms with E-state index in [4.69, 9.17) is 0 Å². The Labute approximate surface area is 137 Å². The SMILES string of the molecule is C[C@@H](C(=O)Nc1ccccc1N(C)S(C)(=O)=O)c1ccccc1. The Bertz CT molecular complexity index is 788. The van der Waals surface area contributed by atoms with Gasteiger partial charge in [0.25, 0.3) is 0 Å². The maximum Gasteiger partial charge on any atom is 0.232 e. The molecule has 0 unspecified atom stereocenters. The van der Waals surface area contributed by atoms with Gasteiger partial charge in [0, 0.05) is 7.05 Å². The standard InChI is InChI=1S/C17H20N2O3S/c1-13(14-9-5-4-6-10-14)17(20)18-15-11-7-8-12-16(15)19(2)23(3,21)22/h4-13H,1-3H3,(H,18,20)/t13-/m1/s1. The summed E-state index contributed by atoms with van der Waals surface area (Å²) in [5.74, 6) is -0.529. The fraction of sp³-hybridized carbons (Fsp3) is 0.235. The number of para-hydroxylation sites is 2. The van der Waals surface area contributed by atoms with Crippen molar-refractivity contribution in [1.29, 1.82) is 0 Å². The van der Waals surface area contributed by atoms with E-state index >= 15 is 0 Å². The number of nitrogens with zero attached hydrogens (tertiary/aromatic N) is 1. The molecule has 2 rings (SSSR count). The highest BCUT2D eigenvalue weighted by atomic mass is 32.2. The highest BCUT2D eigenvalue weighted by Crippen LogP contribution is 2.27. The number of anilines is 2. The van der Waals surface area contributed by atoms with Crippen LogP contribution < -0.4 is 9.62 Å². The number of carbonyl (C=O) groups is 1. The van der Waals surface area contributed by atoms with Crippen LogP contribution in [0.1, 0.15) is 18.4 Å². The fourth-order valence-electron chi connectivity index (χ4n) is 2.17. The molecule has 6 heteroatoms. The van der Waals surface area contributed by atoms with Gasteiger partial charge in [-0.05, 0) is 24.6 Å². The Morgan fingerprint density at radius 3 is 2.22 bits per heavy atom. The van der Waals surface area contributed by atoms with Crippen molar-refractivity contribution >= 4 is 27.3 Å². The molecule has 0 saturated heterocycles. The first-order valence-electron chi connectivity index (χ1n) is 7.19. The lowest BCUT2D eigenvalue weighted by atomic mass is 10.0. The van der Waals surface area contributed by atoms with Crippen molar-refractivity contribution in [3.8, 4) is 0 Å². The summed E-state index contributed by atoms with van der Waals surface area (Å²) in [6.45, 7) is 1.81. The topological polar surface area (TPSA) is 66.5 Å². The second kappa shape index (κ2) is 6.83. The van der Waals surface area contributed by atoms with Crippen molar-refractivity contribution < 1.29 is 13.2 Å². The molecule has 2 aromatic rings. The maximum absolute atomic E-state index is 12.5. The summed E-state index contributed by atoms with van der Waals surface area (Å²) in [5, 5.41) is 2.82. The molecule has 0 bridgehead atoms. The van der Waals surface area contributed by atoms with Crippen molar-refractivity contribution in [2.24, 2.45) is 0 Å². The van der Waals surface area contributed by atoms with E-state index in [1.54, 1.807) is 24.3 Å². The van der Waals surface area contributed by atoms with Gasteiger partial charge in [0.2, 0.25) is 15.9 Å². The predicted molar refractivity (Wildman–Crippen MR) is 93.2 cm³/mol. The number of nitrogens with one attached hydrogen (secondary N) is 1. The van der Waals surface area contributed by atoms with Gasteiger partial charge in [0.05, 0.1) is 23.5 Å². The Balaban J connectivity index is 2.25. The average molecular weight is 332 g/mol. The molecule has 1 N–H and O–H groups in total. The van der Waals surface area contributed by atoms with Gasteiger partial charge in [0.1, 0.15) is 0 Å². The van der Waals surface area contributed by atoms with Gasteiger partial charge in [0.15, 0.2) is 0 Å². The molecule has 0 fully saturated rings. The monoisotopic (exact) mass is 332 g/mol. The Morgan fingerprint density at radius 2 is 1.61 bits per heavy atom. The molecule has 0 aliphatic heterocycles. The maximum atomic E-state index is 12.5. The van der Waals surface area contributed by atoms with E-state index in [0.29, 0.717) is 11.4 Å². The van der Waals surface area contributed by atoms with Crippen LogP contribution in [0, 0.1) is 0 Å². The van der Waals surface area contributed by atoms with Gasteiger partial charge in [-0.15, -0.1) is 0 Å². The number of hydrogen-bond donors (Lipinski definition) is 1. The van der Waals surface area contributed by atoms with E-state index < -0.39 is 10.0 Å². The molecule has 122 valence electrons. The zero-order chi connectivity index (χ0) is 17.0. The highest BCUT2D eigenvalue weighted by molar-refractivity contribution is 7.92. The van der Waals surface area contributed by atoms with Gasteiger partial charge in [-0.25, -0.2) is 8.42 Å². The summed E-state index contributed by atoms with van der Waals surface area (Å²) in [7, 11) is -1.95. The van der Waals surface area contributed by atoms with Gasteiger partial charge in [-0.2, -0.15) is 0 Å². The molecule has 0 aliphatic carbocycles. The van der Waals surface area contributed by atoms with Gasteiger partial charge < -0.3 is 5.32 Å². The quantitative estimate of drug-likeness (QED) is 0.915. The van der Waals surface area contributed by atoms with Crippen LogP contribution in [0.25, 0.3) is 0 Å². The van der Waals surface area contributed by atoms with E-state index in [-0.39, 0.29) is 11.8 Å². The lowest BCUT2D eigenvalue weighted by Gasteiger charge is -2.21. The molecular formula is C17H20N2O3S. The molecule has 0 aliphatic rings. The van der Waals surface area contributed by atoms with Gasteiger partial charge in [-0.3, -0.25) is 9.10 Å². The summed E-state index contributed by atoms with van der Waals surface area (Å²) in [6, 6.07) is 16.3. The number of benzene rings is 2. The minimum absolute atomic E-state index is 0.189. The van der Waals surface area contributed by atoms with E-state index in [1.807, 2.05) is 37.3 Å². The van der Waals surface area contributed by atoms with E-state index in [0.717, 1.165) is 16.1 Å². The second-order valence-corrected chi connectivity index (χ2v) is 7.38. The van der Waals surface area contributed by atoms with Crippen molar-refractivity contribution in [2.75, 3.05) is 22.9 Å². The van der Waals surface area contributed by atoms with Crippen LogP contribution in [0.5, 0.6) is 0 Å². The first kappa shape index (κ1) is 17.0. The van der Waals surface area contributed by atoms with Crippen molar-refractivity contribution in [1.82, 2.24) is 0 Å². The molecule has 0 heterocycles. The summed E-state index contributed by atoms with van der Waals surface area (Å²) >= 11 is 0. The molecule has 0 radical (unpaired) electrons. The summed E-state index contributed by atoms with van der Waals surface area (Å²) < 4.78 is 24.6. The zero-order valence-electron chi connectivity index (χ0n) is 13.4. The molecule has 1 amide bonds. The zero-order valence-corrected chi connectivity index (χ0v) is 14.2. The molecule has 23 heavy (non-hydrogen) atoms. The van der Waals surface area contributed by atoms with Crippen LogP contribution in [-0.4, -0.2) is 27.6 Å². The molecule has 0 aromatic heterocycles. The minimum atomic E-state index is -3.40. The first-order chi connectivity index (χ1) is 10.8. The number of hydrogen-bond acceptors (Lipinski definition) is 3. The van der Waals surface area contributed by atoms with Crippen LogP contribution in [0.4, 0.5) is 11.4 Å². The van der Waals surface area contributed by atoms with E-state index in [2.05, 4.69) is 5.32 Å². The lowest BCUT2D eigenvalue weighted by molar-refractivity contribution is -0.117. The fourth-order valence-corrected chi connectivity index (χ4v) is 2.68. The number of amides is 1. The molecule has 1 atom stereocenters. The van der Waals surface area contributed by atoms with Crippen LogP contribution in [0.3, 0.4) is 0 Å². The minimum Gasteiger partial charge on any atom is -0.324 e. The Kier molecular flexibility index (Phi) is 5.05. The molecular weight excluding hydrogens is 312 g/mol. The van der Waals surface area contributed by atoms with Gasteiger partial charge >= 0.3 is 0 Å². The van der Waals surface area contributed by atoms with Crippen LogP contribution in [0.15, 0.2) is 54.6 Å². The number of rotatable bonds is 5. The third kappa shape index (κ3) is 4.10. The summed E-state index contributed by atoms with van der Waals surface area (Å²) in [4.78, 5) is 12.5. The summed E-state index contributed by atoms with van der Waals surface area (Å²) in [5.41, 5.74) is 1.80. The largest absolute Gasteiger partial charge is 0.324 e. The number of sulfonamides is 1. The summed E-state index contributed by atoms with van der Waals surface area (Å²) in [6.07, 6.45) is 1.12. The lowest BCUT2D eigenvalue weighted by Crippen LogP contribution is -2.27. The number of carbonyl (C=O) groups excluding carboxylic acids is 1. The van der Waals surface area contributed by atoms with Crippen LogP contribution in [-0.2, 0) is 14.8 Å². The Hall–Kier alpha value is -2.34.